The summed E-state index contributed by atoms with van der Waals surface area (Å²) in [6, 6.07) is 0. The van der Waals surface area contributed by atoms with Crippen LogP contribution in [-0.2, 0) is 19.1 Å². The average molecular weight is 453 g/mol. The highest BCUT2D eigenvalue weighted by Crippen LogP contribution is 2.37. The van der Waals surface area contributed by atoms with Gasteiger partial charge in [-0.05, 0) is 25.7 Å². The molecule has 31 heavy (non-hydrogen) atoms. The third kappa shape index (κ3) is 8.24. The molecule has 0 aromatic carbocycles. The van der Waals surface area contributed by atoms with Gasteiger partial charge in [-0.1, -0.05) is 6.42 Å². The number of ether oxygens (including phenoxy) is 2. The summed E-state index contributed by atoms with van der Waals surface area (Å²) in [6.45, 7) is 1.16. The Hall–Kier alpha value is -1.38. The smallest absolute Gasteiger partial charge is 0.364 e. The summed E-state index contributed by atoms with van der Waals surface area (Å²) in [5, 5.41) is 70.5. The first kappa shape index (κ1) is 27.7. The van der Waals surface area contributed by atoms with Gasteiger partial charge < -0.3 is 50.5 Å². The maximum Gasteiger partial charge on any atom is 0.364 e. The van der Waals surface area contributed by atoms with E-state index in [1.807, 2.05) is 0 Å². The van der Waals surface area contributed by atoms with Crippen LogP contribution >= 0.6 is 0 Å². The van der Waals surface area contributed by atoms with Gasteiger partial charge in [0.05, 0.1) is 37.9 Å². The quantitative estimate of drug-likeness (QED) is 0.123. The molecule has 0 radical (unpaired) electrons. The fourth-order valence-electron chi connectivity index (χ4n) is 3.44. The molecule has 0 aromatic rings. The highest BCUT2D eigenvalue weighted by atomic mass is 16.7. The summed E-state index contributed by atoms with van der Waals surface area (Å²) in [5.74, 6) is -5.22. The Morgan fingerprint density at radius 1 is 1.10 bits per heavy atom. The van der Waals surface area contributed by atoms with Crippen molar-refractivity contribution in [3.05, 3.63) is 0 Å². The maximum atomic E-state index is 12.3. The predicted molar refractivity (Wildman–Crippen MR) is 104 cm³/mol. The van der Waals surface area contributed by atoms with E-state index in [1.54, 1.807) is 0 Å². The molecule has 0 spiro atoms. The number of nitrogens with one attached hydrogen (secondary N) is 1. The molecule has 1 saturated carbocycles. The van der Waals surface area contributed by atoms with Crippen LogP contribution in [0, 0.1) is 5.92 Å². The Balaban J connectivity index is 3.24. The normalized spacial score (nSPS) is 22.3. The number of aliphatic hydroxyl groups is 6. The number of carboxylic acids is 1. The summed E-state index contributed by atoms with van der Waals surface area (Å²) in [5.41, 5.74) is 0. The highest BCUT2D eigenvalue weighted by Gasteiger charge is 2.50. The molecule has 0 aromatic heterocycles. The summed E-state index contributed by atoms with van der Waals surface area (Å²) in [7, 11) is 0. The molecular formula is C19H35NO11. The molecule has 0 bridgehead atoms. The minimum atomic E-state index is -2.58. The molecule has 5 unspecified atom stereocenters. The minimum Gasteiger partial charge on any atom is -0.477 e. The van der Waals surface area contributed by atoms with Gasteiger partial charge in [0, 0.05) is 13.3 Å². The molecule has 1 fully saturated rings. The highest BCUT2D eigenvalue weighted by molar-refractivity contribution is 5.76. The largest absolute Gasteiger partial charge is 0.477 e. The van der Waals surface area contributed by atoms with Gasteiger partial charge >= 0.3 is 5.97 Å². The van der Waals surface area contributed by atoms with Crippen molar-refractivity contribution in [2.24, 2.45) is 5.92 Å². The first-order valence-electron chi connectivity index (χ1n) is 10.3. The summed E-state index contributed by atoms with van der Waals surface area (Å²) < 4.78 is 11.3. The lowest BCUT2D eigenvalue weighted by atomic mass is 9.78. The Morgan fingerprint density at radius 3 is 2.13 bits per heavy atom. The van der Waals surface area contributed by atoms with Crippen LogP contribution in [0.3, 0.4) is 0 Å². The van der Waals surface area contributed by atoms with E-state index in [2.05, 4.69) is 5.32 Å². The van der Waals surface area contributed by atoms with E-state index in [-0.39, 0.29) is 12.3 Å². The number of rotatable bonds is 15. The molecule has 0 saturated heterocycles. The molecule has 1 aliphatic rings. The SMILES string of the molecule is CC(=O)N[C@H](O)CC(OC(C)C[C@H](O)CO)(OC(C1CCC1)C(O)C(O)CO)C(=O)O. The van der Waals surface area contributed by atoms with Crippen molar-refractivity contribution in [3.8, 4) is 0 Å². The van der Waals surface area contributed by atoms with Crippen LogP contribution in [0.1, 0.15) is 46.0 Å². The zero-order valence-corrected chi connectivity index (χ0v) is 17.8. The monoisotopic (exact) mass is 453 g/mol. The first-order chi connectivity index (χ1) is 14.5. The second-order valence-corrected chi connectivity index (χ2v) is 7.99. The van der Waals surface area contributed by atoms with Gasteiger partial charge in [-0.3, -0.25) is 4.79 Å². The Morgan fingerprint density at radius 2 is 1.71 bits per heavy atom. The van der Waals surface area contributed by atoms with E-state index in [0.717, 1.165) is 13.3 Å². The Labute approximate surface area is 180 Å². The van der Waals surface area contributed by atoms with E-state index >= 15 is 0 Å². The third-order valence-corrected chi connectivity index (χ3v) is 5.22. The fraction of sp³-hybridized carbons (Fsp3) is 0.895. The average Bonchev–Trinajstić information content (AvgIpc) is 2.63. The van der Waals surface area contributed by atoms with Crippen molar-refractivity contribution in [1.82, 2.24) is 5.32 Å². The number of hydrogen-bond acceptors (Lipinski definition) is 10. The summed E-state index contributed by atoms with van der Waals surface area (Å²) in [6.07, 6.45) is -7.38. The van der Waals surface area contributed by atoms with Gasteiger partial charge in [0.15, 0.2) is 0 Å². The number of carboxylic acid groups (broad SMARTS) is 1. The zero-order valence-electron chi connectivity index (χ0n) is 17.8. The van der Waals surface area contributed by atoms with Gasteiger partial charge in [0.2, 0.25) is 5.91 Å². The predicted octanol–water partition coefficient (Wildman–Crippen LogP) is -2.34. The van der Waals surface area contributed by atoms with Crippen molar-refractivity contribution in [2.75, 3.05) is 13.2 Å². The molecule has 8 N–H and O–H groups in total. The molecule has 182 valence electrons. The molecule has 0 heterocycles. The summed E-state index contributed by atoms with van der Waals surface area (Å²) >= 11 is 0. The van der Waals surface area contributed by atoms with E-state index in [9.17, 15) is 40.2 Å². The van der Waals surface area contributed by atoms with Gasteiger partial charge in [-0.2, -0.15) is 0 Å². The van der Waals surface area contributed by atoms with Gasteiger partial charge in [-0.25, -0.2) is 4.79 Å². The number of amides is 1. The molecule has 12 heteroatoms. The van der Waals surface area contributed by atoms with Crippen molar-refractivity contribution >= 4 is 11.9 Å². The van der Waals surface area contributed by atoms with E-state index in [0.29, 0.717) is 12.8 Å². The van der Waals surface area contributed by atoms with Gasteiger partial charge in [-0.15, -0.1) is 0 Å². The minimum absolute atomic E-state index is 0.166. The molecule has 1 rings (SSSR count). The van der Waals surface area contributed by atoms with Crippen LogP contribution in [0.15, 0.2) is 0 Å². The number of hydrogen-bond donors (Lipinski definition) is 8. The Bertz CT molecular complexity index is 573. The molecular weight excluding hydrogens is 418 g/mol. The molecule has 1 amide bonds. The number of carbonyl (C=O) groups excluding carboxylic acids is 1. The number of aliphatic hydroxyl groups excluding tert-OH is 6. The second-order valence-electron chi connectivity index (χ2n) is 7.99. The number of carbonyl (C=O) groups is 2. The van der Waals surface area contributed by atoms with Crippen molar-refractivity contribution in [1.29, 1.82) is 0 Å². The third-order valence-electron chi connectivity index (χ3n) is 5.22. The lowest BCUT2D eigenvalue weighted by Gasteiger charge is -2.43. The summed E-state index contributed by atoms with van der Waals surface area (Å²) in [4.78, 5) is 23.6. The molecule has 7 atom stereocenters. The lowest BCUT2D eigenvalue weighted by Crippen LogP contribution is -2.58. The van der Waals surface area contributed by atoms with Crippen molar-refractivity contribution in [3.63, 3.8) is 0 Å². The lowest BCUT2D eigenvalue weighted by molar-refractivity contribution is -0.307. The van der Waals surface area contributed by atoms with Crippen molar-refractivity contribution < 1.29 is 54.8 Å². The van der Waals surface area contributed by atoms with Crippen molar-refractivity contribution in [2.45, 2.75) is 88.5 Å². The topological polar surface area (TPSA) is 206 Å². The van der Waals surface area contributed by atoms with Crippen LogP contribution in [0.25, 0.3) is 0 Å². The molecule has 0 aliphatic heterocycles. The van der Waals surface area contributed by atoms with Crippen LogP contribution in [0.5, 0.6) is 0 Å². The van der Waals surface area contributed by atoms with Gasteiger partial charge in [0.1, 0.15) is 18.4 Å². The van der Waals surface area contributed by atoms with Gasteiger partial charge in [0.25, 0.3) is 5.79 Å². The number of aliphatic carboxylic acids is 1. The van der Waals surface area contributed by atoms with E-state index < -0.39 is 74.0 Å². The standard InChI is InChI=1S/C19H35NO11/c1-10(6-13(24)8-21)30-19(18(28)29,7-15(26)20-11(2)23)31-17(12-4-3-5-12)16(27)14(25)9-22/h10,12-17,21-22,24-27H,3-9H2,1-2H3,(H,20,23)(H,28,29)/t10?,13-,14?,15+,16?,17?,19?/m0/s1. The van der Waals surface area contributed by atoms with Crippen LogP contribution < -0.4 is 5.32 Å². The van der Waals surface area contributed by atoms with Crippen LogP contribution in [0.2, 0.25) is 0 Å². The molecule has 12 nitrogen and oxygen atoms in total. The fourth-order valence-corrected chi connectivity index (χ4v) is 3.44. The van der Waals surface area contributed by atoms with E-state index in [4.69, 9.17) is 14.6 Å². The Kier molecular flexibility index (Phi) is 11.2. The van der Waals surface area contributed by atoms with Crippen LogP contribution in [0.4, 0.5) is 0 Å². The maximum absolute atomic E-state index is 12.3. The first-order valence-corrected chi connectivity index (χ1v) is 10.3. The van der Waals surface area contributed by atoms with Crippen LogP contribution in [-0.4, -0.2) is 103 Å². The molecule has 1 aliphatic carbocycles. The second kappa shape index (κ2) is 12.6. The van der Waals surface area contributed by atoms with E-state index in [1.165, 1.54) is 6.92 Å². The zero-order chi connectivity index (χ0) is 23.8.